The van der Waals surface area contributed by atoms with E-state index in [-0.39, 0.29) is 5.88 Å². The first-order chi connectivity index (χ1) is 16.9. The number of aryl methyl sites for hydroxylation is 1. The van der Waals surface area contributed by atoms with Crippen LogP contribution in [0.1, 0.15) is 10.4 Å². The largest absolute Gasteiger partial charge is 0.414 e. The van der Waals surface area contributed by atoms with E-state index in [1.165, 1.54) is 10.4 Å². The molecule has 1 aliphatic rings. The molecule has 3 aromatic rings. The number of aromatic nitrogens is 3. The van der Waals surface area contributed by atoms with Crippen molar-refractivity contribution in [3.63, 3.8) is 0 Å². The fraction of sp³-hybridized carbons (Fsp3) is 0.304. The molecule has 12 heteroatoms. The van der Waals surface area contributed by atoms with Gasteiger partial charge in [0.2, 0.25) is 0 Å². The van der Waals surface area contributed by atoms with Gasteiger partial charge in [-0.25, -0.2) is 9.48 Å². The number of piperazine rings is 1. The molecule has 0 aliphatic carbocycles. The number of amides is 2. The van der Waals surface area contributed by atoms with Crippen LogP contribution in [0, 0.1) is 0 Å². The highest BCUT2D eigenvalue weighted by Gasteiger charge is 2.22. The minimum absolute atomic E-state index is 0.0467. The van der Waals surface area contributed by atoms with Crippen molar-refractivity contribution in [3.8, 4) is 5.88 Å². The second-order valence-corrected chi connectivity index (χ2v) is 9.08. The molecule has 1 aliphatic heterocycles. The number of hydrogen-bond donors (Lipinski definition) is 2. The smallest absolute Gasteiger partial charge is 0.388 e. The molecule has 0 bridgehead atoms. The van der Waals surface area contributed by atoms with E-state index in [9.17, 15) is 9.59 Å². The number of rotatable bonds is 7. The lowest BCUT2D eigenvalue weighted by atomic mass is 10.2. The van der Waals surface area contributed by atoms with Crippen molar-refractivity contribution >= 4 is 51.0 Å². The Bertz CT molecular complexity index is 1180. The van der Waals surface area contributed by atoms with Crippen molar-refractivity contribution in [2.45, 2.75) is 0 Å². The average molecular weight is 563 g/mol. The molecule has 0 unspecified atom stereocenters. The number of ether oxygens (including phenoxy) is 1. The molecular formula is C23H25BrClN7O3. The monoisotopic (exact) mass is 561 g/mol. The Labute approximate surface area is 216 Å². The normalized spacial score (nSPS) is 14.0. The fourth-order valence-corrected chi connectivity index (χ4v) is 4.46. The number of anilines is 2. The Hall–Kier alpha value is -3.15. The standard InChI is InChI=1S/C23H25BrClN7O3/c1-30-20(28-21(33)17-4-2-3-5-18(17)25)19(24)22(29-30)35-23(34)27-10-11-31-12-14-32(15-13-31)16-6-8-26-9-7-16/h2-9H,10-15H2,1H3,(H,27,34)(H,28,33). The number of halogens is 2. The van der Waals surface area contributed by atoms with E-state index in [0.29, 0.717) is 34.0 Å². The molecule has 1 saturated heterocycles. The third-order valence-corrected chi connectivity index (χ3v) is 6.64. The summed E-state index contributed by atoms with van der Waals surface area (Å²) in [5.74, 6) is -0.0189. The summed E-state index contributed by atoms with van der Waals surface area (Å²) < 4.78 is 7.10. The molecule has 1 fully saturated rings. The van der Waals surface area contributed by atoms with Gasteiger partial charge in [-0.05, 0) is 40.2 Å². The van der Waals surface area contributed by atoms with Crippen molar-refractivity contribution in [3.05, 3.63) is 63.9 Å². The highest BCUT2D eigenvalue weighted by Crippen LogP contribution is 2.32. The zero-order chi connectivity index (χ0) is 24.8. The molecular weight excluding hydrogens is 538 g/mol. The van der Waals surface area contributed by atoms with Gasteiger partial charge in [0.25, 0.3) is 11.8 Å². The van der Waals surface area contributed by atoms with E-state index in [1.54, 1.807) is 43.7 Å². The number of carbonyl (C=O) groups excluding carboxylic acids is 2. The topological polar surface area (TPSA) is 105 Å². The summed E-state index contributed by atoms with van der Waals surface area (Å²) in [6.07, 6.45) is 2.98. The van der Waals surface area contributed by atoms with Crippen LogP contribution < -0.4 is 20.3 Å². The van der Waals surface area contributed by atoms with Gasteiger partial charge in [0.05, 0.1) is 10.6 Å². The summed E-state index contributed by atoms with van der Waals surface area (Å²) in [7, 11) is 1.63. The maximum atomic E-state index is 12.6. The van der Waals surface area contributed by atoms with Crippen molar-refractivity contribution in [2.75, 3.05) is 49.5 Å². The summed E-state index contributed by atoms with van der Waals surface area (Å²) in [6, 6.07) is 10.7. The van der Waals surface area contributed by atoms with Crippen LogP contribution in [0.2, 0.25) is 5.02 Å². The van der Waals surface area contributed by atoms with Gasteiger partial charge < -0.3 is 20.3 Å². The second kappa shape index (κ2) is 11.5. The molecule has 4 rings (SSSR count). The van der Waals surface area contributed by atoms with Crippen LogP contribution in [-0.4, -0.2) is 70.9 Å². The number of benzene rings is 1. The predicted octanol–water partition coefficient (Wildman–Crippen LogP) is 3.39. The highest BCUT2D eigenvalue weighted by atomic mass is 79.9. The van der Waals surface area contributed by atoms with Crippen LogP contribution >= 0.6 is 27.5 Å². The lowest BCUT2D eigenvalue weighted by Gasteiger charge is -2.36. The van der Waals surface area contributed by atoms with Gasteiger partial charge in [-0.15, -0.1) is 5.10 Å². The minimum atomic E-state index is -0.622. The first-order valence-corrected chi connectivity index (χ1v) is 12.2. The number of pyridine rings is 1. The number of carbonyl (C=O) groups is 2. The van der Waals surface area contributed by atoms with Gasteiger partial charge in [-0.3, -0.25) is 14.7 Å². The number of hydrogen-bond acceptors (Lipinski definition) is 7. The first kappa shape index (κ1) is 25.0. The van der Waals surface area contributed by atoms with Crippen molar-refractivity contribution in [1.82, 2.24) is 25.0 Å². The summed E-state index contributed by atoms with van der Waals surface area (Å²) in [4.78, 5) is 33.6. The van der Waals surface area contributed by atoms with E-state index in [2.05, 4.69) is 46.4 Å². The Morgan fingerprint density at radius 2 is 1.83 bits per heavy atom. The molecule has 1 aromatic carbocycles. The summed E-state index contributed by atoms with van der Waals surface area (Å²) in [5, 5.41) is 9.99. The summed E-state index contributed by atoms with van der Waals surface area (Å²) >= 11 is 9.45. The quantitative estimate of drug-likeness (QED) is 0.455. The van der Waals surface area contributed by atoms with Gasteiger partial charge in [-0.1, -0.05) is 23.7 Å². The zero-order valence-corrected chi connectivity index (χ0v) is 21.4. The van der Waals surface area contributed by atoms with E-state index in [0.717, 1.165) is 26.2 Å². The molecule has 0 saturated carbocycles. The molecule has 10 nitrogen and oxygen atoms in total. The molecule has 35 heavy (non-hydrogen) atoms. The van der Waals surface area contributed by atoms with Crippen molar-refractivity contribution in [2.24, 2.45) is 7.05 Å². The Kier molecular flexibility index (Phi) is 8.21. The maximum absolute atomic E-state index is 12.6. The third kappa shape index (κ3) is 6.30. The van der Waals surface area contributed by atoms with Crippen molar-refractivity contribution in [1.29, 1.82) is 0 Å². The van der Waals surface area contributed by atoms with Crippen LogP contribution in [0.15, 0.2) is 53.3 Å². The molecule has 3 heterocycles. The molecule has 2 amide bonds. The summed E-state index contributed by atoms with van der Waals surface area (Å²) in [6.45, 7) is 4.78. The first-order valence-electron chi connectivity index (χ1n) is 11.0. The van der Waals surface area contributed by atoms with Crippen LogP contribution in [0.25, 0.3) is 0 Å². The average Bonchev–Trinajstić information content (AvgIpc) is 3.12. The van der Waals surface area contributed by atoms with Gasteiger partial charge in [0.15, 0.2) is 0 Å². The Balaban J connectivity index is 1.24. The van der Waals surface area contributed by atoms with Gasteiger partial charge >= 0.3 is 6.09 Å². The van der Waals surface area contributed by atoms with Gasteiger partial charge in [0, 0.05) is 64.4 Å². The molecule has 184 valence electrons. The second-order valence-electron chi connectivity index (χ2n) is 7.88. The summed E-state index contributed by atoms with van der Waals surface area (Å²) in [5.41, 5.74) is 1.49. The van der Waals surface area contributed by atoms with Crippen LogP contribution in [0.4, 0.5) is 16.3 Å². The molecule has 2 N–H and O–H groups in total. The van der Waals surface area contributed by atoms with E-state index < -0.39 is 12.0 Å². The van der Waals surface area contributed by atoms with Gasteiger partial charge in [-0.2, -0.15) is 0 Å². The number of nitrogens with one attached hydrogen (secondary N) is 2. The van der Waals surface area contributed by atoms with E-state index in [4.69, 9.17) is 16.3 Å². The lowest BCUT2D eigenvalue weighted by molar-refractivity contribution is 0.102. The predicted molar refractivity (Wildman–Crippen MR) is 137 cm³/mol. The van der Waals surface area contributed by atoms with Crippen LogP contribution in [0.5, 0.6) is 5.88 Å². The molecule has 0 atom stereocenters. The SMILES string of the molecule is Cn1nc(OC(=O)NCCN2CCN(c3ccncc3)CC2)c(Br)c1NC(=O)c1ccccc1Cl. The minimum Gasteiger partial charge on any atom is -0.388 e. The van der Waals surface area contributed by atoms with Gasteiger partial charge in [0.1, 0.15) is 10.3 Å². The molecule has 2 aromatic heterocycles. The molecule has 0 radical (unpaired) electrons. The van der Waals surface area contributed by atoms with Crippen LogP contribution in [0.3, 0.4) is 0 Å². The van der Waals surface area contributed by atoms with E-state index in [1.807, 2.05) is 12.1 Å². The Morgan fingerprint density at radius 3 is 2.54 bits per heavy atom. The zero-order valence-electron chi connectivity index (χ0n) is 19.1. The van der Waals surface area contributed by atoms with Crippen LogP contribution in [-0.2, 0) is 7.05 Å². The van der Waals surface area contributed by atoms with Crippen molar-refractivity contribution < 1.29 is 14.3 Å². The fourth-order valence-electron chi connectivity index (χ4n) is 3.72. The molecule has 0 spiro atoms. The van der Waals surface area contributed by atoms with E-state index >= 15 is 0 Å². The Morgan fingerprint density at radius 1 is 1.11 bits per heavy atom. The maximum Gasteiger partial charge on any atom is 0.414 e. The highest BCUT2D eigenvalue weighted by molar-refractivity contribution is 9.10. The number of nitrogens with zero attached hydrogens (tertiary/aromatic N) is 5. The lowest BCUT2D eigenvalue weighted by Crippen LogP contribution is -2.48. The third-order valence-electron chi connectivity index (χ3n) is 5.60.